The zero-order chi connectivity index (χ0) is 34.7. The molecule has 256 valence electrons. The van der Waals surface area contributed by atoms with Crippen molar-refractivity contribution < 1.29 is 27.8 Å². The van der Waals surface area contributed by atoms with Gasteiger partial charge in [0, 0.05) is 61.9 Å². The topological polar surface area (TPSA) is 64.1 Å². The summed E-state index contributed by atoms with van der Waals surface area (Å²) in [5, 5.41) is 0.622. The minimum absolute atomic E-state index is 0.0207. The first-order valence-corrected chi connectivity index (χ1v) is 16.7. The maximum Gasteiger partial charge on any atom is 0.246 e. The molecular formula is C40H36ClF2N3O4. The first-order valence-electron chi connectivity index (χ1n) is 16.3. The van der Waals surface area contributed by atoms with Crippen molar-refractivity contribution in [2.45, 2.75) is 19.6 Å². The summed E-state index contributed by atoms with van der Waals surface area (Å²) < 4.78 is 45.0. The van der Waals surface area contributed by atoms with Gasteiger partial charge in [0.25, 0.3) is 0 Å². The Morgan fingerprint density at radius 3 is 2.28 bits per heavy atom. The second kappa shape index (κ2) is 16.9. The summed E-state index contributed by atoms with van der Waals surface area (Å²) >= 11 is 6.17. The highest BCUT2D eigenvalue weighted by Gasteiger charge is 2.20. The number of hydrogen-bond donors (Lipinski definition) is 0. The van der Waals surface area contributed by atoms with E-state index in [4.69, 9.17) is 25.8 Å². The molecule has 0 unspecified atom stereocenters. The van der Waals surface area contributed by atoms with Crippen LogP contribution in [-0.4, -0.2) is 53.5 Å². The van der Waals surface area contributed by atoms with Crippen LogP contribution in [0.5, 0.6) is 23.1 Å². The van der Waals surface area contributed by atoms with Crippen LogP contribution in [0.1, 0.15) is 22.3 Å². The fourth-order valence-corrected chi connectivity index (χ4v) is 5.58. The quantitative estimate of drug-likeness (QED) is 0.115. The number of halogens is 3. The Morgan fingerprint density at radius 1 is 0.820 bits per heavy atom. The van der Waals surface area contributed by atoms with Gasteiger partial charge in [-0.25, -0.2) is 13.8 Å². The average molecular weight is 696 g/mol. The van der Waals surface area contributed by atoms with E-state index in [1.165, 1.54) is 47.7 Å². The third-order valence-electron chi connectivity index (χ3n) is 8.24. The van der Waals surface area contributed by atoms with Crippen LogP contribution in [0.25, 0.3) is 6.08 Å². The van der Waals surface area contributed by atoms with Gasteiger partial charge in [0.05, 0.1) is 12.8 Å². The van der Waals surface area contributed by atoms with Crippen LogP contribution < -0.4 is 14.2 Å². The number of hydrogen-bond acceptors (Lipinski definition) is 6. The van der Waals surface area contributed by atoms with Gasteiger partial charge in [-0.05, 0) is 71.3 Å². The molecule has 0 spiro atoms. The van der Waals surface area contributed by atoms with Gasteiger partial charge in [-0.3, -0.25) is 9.69 Å². The second-order valence-corrected chi connectivity index (χ2v) is 12.2. The molecule has 1 saturated heterocycles. The molecule has 1 aliphatic rings. The first kappa shape index (κ1) is 34.6. The Kier molecular flexibility index (Phi) is 11.7. The van der Waals surface area contributed by atoms with Gasteiger partial charge in [-0.15, -0.1) is 0 Å². The molecule has 50 heavy (non-hydrogen) atoms. The number of carbonyl (C=O) groups excluding carboxylic acids is 1. The Balaban J connectivity index is 0.914. The lowest BCUT2D eigenvalue weighted by molar-refractivity contribution is -0.127. The number of aromatic nitrogens is 1. The maximum atomic E-state index is 14.9. The molecule has 10 heteroatoms. The van der Waals surface area contributed by atoms with Gasteiger partial charge in [-0.1, -0.05) is 60.1 Å². The van der Waals surface area contributed by atoms with Gasteiger partial charge in [0.2, 0.25) is 11.8 Å². The highest BCUT2D eigenvalue weighted by atomic mass is 35.5. The first-order chi connectivity index (χ1) is 24.4. The van der Waals surface area contributed by atoms with Crippen molar-refractivity contribution in [3.8, 4) is 23.1 Å². The Hall–Kier alpha value is -5.25. The highest BCUT2D eigenvalue weighted by Crippen LogP contribution is 2.26. The molecule has 0 atom stereocenters. The van der Waals surface area contributed by atoms with Crippen LogP contribution in [0.15, 0.2) is 115 Å². The van der Waals surface area contributed by atoms with Crippen LogP contribution in [0.3, 0.4) is 0 Å². The molecule has 0 saturated carbocycles. The van der Waals surface area contributed by atoms with E-state index < -0.39 is 5.82 Å². The Bertz CT molecular complexity index is 1900. The number of nitrogens with zero attached hydrogens (tertiary/aromatic N) is 3. The molecule has 4 aromatic carbocycles. The predicted octanol–water partition coefficient (Wildman–Crippen LogP) is 8.36. The van der Waals surface area contributed by atoms with Gasteiger partial charge < -0.3 is 19.1 Å². The highest BCUT2D eigenvalue weighted by molar-refractivity contribution is 6.31. The van der Waals surface area contributed by atoms with E-state index in [0.717, 1.165) is 31.6 Å². The number of carbonyl (C=O) groups is 1. The molecule has 2 heterocycles. The maximum absolute atomic E-state index is 14.9. The fourth-order valence-electron chi connectivity index (χ4n) is 5.39. The van der Waals surface area contributed by atoms with Crippen LogP contribution in [0, 0.1) is 11.6 Å². The molecule has 0 bridgehead atoms. The molecule has 7 nitrogen and oxygen atoms in total. The van der Waals surface area contributed by atoms with Crippen LogP contribution in [0.2, 0.25) is 5.02 Å². The number of ether oxygens (including phenoxy) is 3. The number of piperazine rings is 1. The van der Waals surface area contributed by atoms with Gasteiger partial charge in [-0.2, -0.15) is 0 Å². The van der Waals surface area contributed by atoms with E-state index in [9.17, 15) is 13.6 Å². The van der Waals surface area contributed by atoms with Crippen molar-refractivity contribution >= 4 is 23.6 Å². The van der Waals surface area contributed by atoms with Crippen molar-refractivity contribution in [3.63, 3.8) is 0 Å². The number of benzene rings is 4. The average Bonchev–Trinajstić information content (AvgIpc) is 3.14. The lowest BCUT2D eigenvalue weighted by Gasteiger charge is -2.34. The molecule has 0 aliphatic carbocycles. The van der Waals surface area contributed by atoms with E-state index in [2.05, 4.69) is 34.1 Å². The Labute approximate surface area is 295 Å². The van der Waals surface area contributed by atoms with Crippen LogP contribution in [-0.2, 0) is 24.4 Å². The lowest BCUT2D eigenvalue weighted by atomic mass is 10.1. The molecule has 1 aromatic heterocycles. The van der Waals surface area contributed by atoms with Crippen molar-refractivity contribution in [1.82, 2.24) is 14.8 Å². The summed E-state index contributed by atoms with van der Waals surface area (Å²) in [6, 6.07) is 29.7. The summed E-state index contributed by atoms with van der Waals surface area (Å²) in [7, 11) is 0. The third kappa shape index (κ3) is 9.90. The smallest absolute Gasteiger partial charge is 0.246 e. The third-order valence-corrected chi connectivity index (χ3v) is 8.61. The SMILES string of the molecule is O=C(/C=C/c1ccc(Oc2ccc(OCc3ccccc3Cl)cn2)c(F)c1)N1CCN(Cc2ccc(CCOc3ccc(F)cc3)cc2)CC1. The number of rotatable bonds is 13. The lowest BCUT2D eigenvalue weighted by Crippen LogP contribution is -2.47. The number of pyridine rings is 1. The van der Waals surface area contributed by atoms with E-state index in [1.54, 1.807) is 47.4 Å². The van der Waals surface area contributed by atoms with E-state index in [-0.39, 0.29) is 23.4 Å². The Morgan fingerprint density at radius 2 is 1.56 bits per heavy atom. The molecule has 1 fully saturated rings. The molecule has 1 amide bonds. The normalized spacial score (nSPS) is 13.4. The molecule has 0 radical (unpaired) electrons. The van der Waals surface area contributed by atoms with Gasteiger partial charge >= 0.3 is 0 Å². The van der Waals surface area contributed by atoms with Crippen LogP contribution >= 0.6 is 11.6 Å². The standard InChI is InChI=1S/C40H36ClF2N3O4/c41-36-4-2-1-3-32(36)28-49-35-15-17-39(44-26-35)50-38-16-9-30(25-37(38)43)10-18-40(47)46-22-20-45(21-23-46)27-31-7-5-29(6-8-31)19-24-48-34-13-11-33(42)12-14-34/h1-18,25-26H,19-24,27-28H2/b18-10+. The van der Waals surface area contributed by atoms with Crippen LogP contribution in [0.4, 0.5) is 8.78 Å². The second-order valence-electron chi connectivity index (χ2n) is 11.8. The number of amides is 1. The van der Waals surface area contributed by atoms with Crippen molar-refractivity contribution in [1.29, 1.82) is 0 Å². The van der Waals surface area contributed by atoms with E-state index in [0.29, 0.717) is 48.4 Å². The van der Waals surface area contributed by atoms with Crippen molar-refractivity contribution in [2.75, 3.05) is 32.8 Å². The minimum Gasteiger partial charge on any atom is -0.493 e. The largest absolute Gasteiger partial charge is 0.493 e. The predicted molar refractivity (Wildman–Crippen MR) is 189 cm³/mol. The zero-order valence-corrected chi connectivity index (χ0v) is 28.1. The fraction of sp³-hybridized carbons (Fsp3) is 0.200. The summed E-state index contributed by atoms with van der Waals surface area (Å²) in [6.07, 6.45) is 5.34. The van der Waals surface area contributed by atoms with E-state index >= 15 is 0 Å². The molecule has 1 aliphatic heterocycles. The molecule has 0 N–H and O–H groups in total. The molecule has 6 rings (SSSR count). The summed E-state index contributed by atoms with van der Waals surface area (Å²) in [5.41, 5.74) is 3.77. The van der Waals surface area contributed by atoms with Gasteiger partial charge in [0.1, 0.15) is 23.9 Å². The summed E-state index contributed by atoms with van der Waals surface area (Å²) in [5.74, 6) is 0.453. The molecule has 5 aromatic rings. The molecular weight excluding hydrogens is 660 g/mol. The summed E-state index contributed by atoms with van der Waals surface area (Å²) in [6.45, 7) is 4.35. The van der Waals surface area contributed by atoms with Crippen molar-refractivity contribution in [2.24, 2.45) is 0 Å². The zero-order valence-electron chi connectivity index (χ0n) is 27.3. The minimum atomic E-state index is -0.569. The monoisotopic (exact) mass is 695 g/mol. The van der Waals surface area contributed by atoms with Gasteiger partial charge in [0.15, 0.2) is 11.6 Å². The summed E-state index contributed by atoms with van der Waals surface area (Å²) in [4.78, 5) is 21.2. The van der Waals surface area contributed by atoms with E-state index in [1.807, 2.05) is 18.2 Å². The van der Waals surface area contributed by atoms with Crippen molar-refractivity contribution in [3.05, 3.63) is 154 Å².